The van der Waals surface area contributed by atoms with Gasteiger partial charge in [-0.1, -0.05) is 11.8 Å². The Kier molecular flexibility index (Phi) is 5.85. The van der Waals surface area contributed by atoms with E-state index in [4.69, 9.17) is 9.72 Å². The lowest BCUT2D eigenvalue weighted by atomic mass is 9.97. The van der Waals surface area contributed by atoms with Gasteiger partial charge in [-0.25, -0.2) is 4.98 Å². The minimum absolute atomic E-state index is 0.0209. The normalized spacial score (nSPS) is 16.9. The number of nitrogens with zero attached hydrogens (tertiary/aromatic N) is 3. The summed E-state index contributed by atoms with van der Waals surface area (Å²) in [5, 5.41) is 1.43. The SMILES string of the molecule is COCCn1c(SCC(=O)N2CCCC2)nc2sc3c(c2c1=O)CCCC3. The molecule has 0 radical (unpaired) electrons. The van der Waals surface area contributed by atoms with Crippen LogP contribution in [0.5, 0.6) is 0 Å². The highest BCUT2D eigenvalue weighted by molar-refractivity contribution is 7.99. The maximum absolute atomic E-state index is 13.3. The molecule has 0 saturated carbocycles. The van der Waals surface area contributed by atoms with Gasteiger partial charge in [0.15, 0.2) is 5.16 Å². The monoisotopic (exact) mass is 407 g/mol. The molecule has 8 heteroatoms. The van der Waals surface area contributed by atoms with Crippen molar-refractivity contribution in [1.29, 1.82) is 0 Å². The zero-order valence-electron chi connectivity index (χ0n) is 15.7. The van der Waals surface area contributed by atoms with Crippen molar-refractivity contribution in [2.75, 3.05) is 32.6 Å². The molecule has 1 fully saturated rings. The Balaban J connectivity index is 1.67. The zero-order valence-corrected chi connectivity index (χ0v) is 17.3. The van der Waals surface area contributed by atoms with Crippen LogP contribution in [0.2, 0.25) is 0 Å². The van der Waals surface area contributed by atoms with E-state index in [0.717, 1.165) is 55.4 Å². The van der Waals surface area contributed by atoms with Crippen molar-refractivity contribution < 1.29 is 9.53 Å². The van der Waals surface area contributed by atoms with Gasteiger partial charge in [0.2, 0.25) is 5.91 Å². The van der Waals surface area contributed by atoms with E-state index in [-0.39, 0.29) is 11.5 Å². The maximum atomic E-state index is 13.3. The quantitative estimate of drug-likeness (QED) is 0.544. The number of likely N-dealkylation sites (tertiary alicyclic amines) is 1. The molecule has 1 aliphatic carbocycles. The minimum atomic E-state index is 0.0209. The number of rotatable bonds is 6. The predicted molar refractivity (Wildman–Crippen MR) is 109 cm³/mol. The molecule has 0 spiro atoms. The van der Waals surface area contributed by atoms with Crippen LogP contribution in [0.4, 0.5) is 0 Å². The van der Waals surface area contributed by atoms with Crippen molar-refractivity contribution in [2.24, 2.45) is 0 Å². The second kappa shape index (κ2) is 8.32. The van der Waals surface area contributed by atoms with Crippen LogP contribution >= 0.6 is 23.1 Å². The van der Waals surface area contributed by atoms with Crippen LogP contribution in [0, 0.1) is 0 Å². The third-order valence-corrected chi connectivity index (χ3v) is 7.49. The van der Waals surface area contributed by atoms with Gasteiger partial charge in [0.05, 0.1) is 24.3 Å². The third-order valence-electron chi connectivity index (χ3n) is 5.34. The molecule has 2 aromatic heterocycles. The Morgan fingerprint density at radius 2 is 2.00 bits per heavy atom. The van der Waals surface area contributed by atoms with Crippen molar-refractivity contribution in [3.05, 3.63) is 20.8 Å². The van der Waals surface area contributed by atoms with Crippen LogP contribution in [0.3, 0.4) is 0 Å². The molecule has 0 unspecified atom stereocenters. The third kappa shape index (κ3) is 3.79. The molecule has 1 saturated heterocycles. The highest BCUT2D eigenvalue weighted by Gasteiger charge is 2.23. The first kappa shape index (κ1) is 19.0. The molecule has 6 nitrogen and oxygen atoms in total. The number of thiophene rings is 1. The first-order valence-corrected chi connectivity index (χ1v) is 11.4. The standard InChI is InChI=1S/C19H25N3O3S2/c1-25-11-10-22-18(24)16-13-6-2-3-7-14(13)27-17(16)20-19(22)26-12-15(23)21-8-4-5-9-21/h2-12H2,1H3. The number of aryl methyl sites for hydroxylation is 2. The van der Waals surface area contributed by atoms with E-state index in [9.17, 15) is 9.59 Å². The smallest absolute Gasteiger partial charge is 0.263 e. The van der Waals surface area contributed by atoms with Crippen LogP contribution in [0.15, 0.2) is 9.95 Å². The van der Waals surface area contributed by atoms with Crippen molar-refractivity contribution in [2.45, 2.75) is 50.2 Å². The number of fused-ring (bicyclic) bond motifs is 3. The molecule has 146 valence electrons. The van der Waals surface area contributed by atoms with E-state index in [2.05, 4.69) is 0 Å². The fourth-order valence-corrected chi connectivity index (χ4v) is 6.12. The van der Waals surface area contributed by atoms with Gasteiger partial charge in [-0.05, 0) is 44.1 Å². The van der Waals surface area contributed by atoms with E-state index in [0.29, 0.717) is 24.1 Å². The number of aromatic nitrogens is 2. The molecule has 1 amide bonds. The first-order chi connectivity index (χ1) is 13.2. The lowest BCUT2D eigenvalue weighted by Crippen LogP contribution is -2.30. The fourth-order valence-electron chi connectivity index (χ4n) is 3.89. The van der Waals surface area contributed by atoms with Crippen LogP contribution in [0.1, 0.15) is 36.1 Å². The highest BCUT2D eigenvalue weighted by atomic mass is 32.2. The van der Waals surface area contributed by atoms with Gasteiger partial charge >= 0.3 is 0 Å². The summed E-state index contributed by atoms with van der Waals surface area (Å²) in [6.07, 6.45) is 6.50. The number of hydrogen-bond donors (Lipinski definition) is 0. The Hall–Kier alpha value is -1.38. The van der Waals surface area contributed by atoms with Crippen molar-refractivity contribution in [3.8, 4) is 0 Å². The van der Waals surface area contributed by atoms with Gasteiger partial charge in [-0.2, -0.15) is 0 Å². The number of thioether (sulfide) groups is 1. The number of amides is 1. The lowest BCUT2D eigenvalue weighted by Gasteiger charge is -2.16. The van der Waals surface area contributed by atoms with Crippen molar-refractivity contribution in [1.82, 2.24) is 14.5 Å². The van der Waals surface area contributed by atoms with Gasteiger partial charge in [-0.3, -0.25) is 14.2 Å². The summed E-state index contributed by atoms with van der Waals surface area (Å²) >= 11 is 3.03. The Morgan fingerprint density at radius 1 is 1.22 bits per heavy atom. The number of hydrogen-bond acceptors (Lipinski definition) is 6. The Bertz CT molecular complexity index is 900. The lowest BCUT2D eigenvalue weighted by molar-refractivity contribution is -0.127. The summed E-state index contributed by atoms with van der Waals surface area (Å²) in [5.74, 6) is 0.464. The predicted octanol–water partition coefficient (Wildman–Crippen LogP) is 2.70. The topological polar surface area (TPSA) is 64.4 Å². The molecular weight excluding hydrogens is 382 g/mol. The van der Waals surface area contributed by atoms with Gasteiger partial charge in [0, 0.05) is 25.1 Å². The Labute approximate surface area is 166 Å². The molecule has 0 bridgehead atoms. The second-order valence-electron chi connectivity index (χ2n) is 7.11. The minimum Gasteiger partial charge on any atom is -0.383 e. The number of methoxy groups -OCH3 is 1. The summed E-state index contributed by atoms with van der Waals surface area (Å²) in [6.45, 7) is 2.61. The van der Waals surface area contributed by atoms with E-state index < -0.39 is 0 Å². The van der Waals surface area contributed by atoms with Gasteiger partial charge in [0.25, 0.3) is 5.56 Å². The molecule has 3 heterocycles. The first-order valence-electron chi connectivity index (χ1n) is 9.63. The number of carbonyl (C=O) groups excluding carboxylic acids is 1. The summed E-state index contributed by atoms with van der Waals surface area (Å²) in [7, 11) is 1.63. The van der Waals surface area contributed by atoms with Crippen LogP contribution in [0.25, 0.3) is 10.2 Å². The molecule has 27 heavy (non-hydrogen) atoms. The average Bonchev–Trinajstić information content (AvgIpc) is 3.33. The molecule has 0 atom stereocenters. The van der Waals surface area contributed by atoms with Crippen molar-refractivity contribution >= 4 is 39.2 Å². The van der Waals surface area contributed by atoms with Crippen LogP contribution in [-0.2, 0) is 28.9 Å². The summed E-state index contributed by atoms with van der Waals surface area (Å²) in [6, 6.07) is 0. The van der Waals surface area contributed by atoms with Gasteiger partial charge in [-0.15, -0.1) is 11.3 Å². The highest BCUT2D eigenvalue weighted by Crippen LogP contribution is 2.34. The Morgan fingerprint density at radius 3 is 2.78 bits per heavy atom. The largest absolute Gasteiger partial charge is 0.383 e. The van der Waals surface area contributed by atoms with E-state index >= 15 is 0 Å². The summed E-state index contributed by atoms with van der Waals surface area (Å²) < 4.78 is 6.90. The molecule has 0 aromatic carbocycles. The second-order valence-corrected chi connectivity index (χ2v) is 9.14. The molecule has 1 aliphatic heterocycles. The summed E-state index contributed by atoms with van der Waals surface area (Å²) in [5.41, 5.74) is 1.22. The van der Waals surface area contributed by atoms with Crippen molar-refractivity contribution in [3.63, 3.8) is 0 Å². The van der Waals surface area contributed by atoms with Crippen LogP contribution in [-0.4, -0.2) is 52.9 Å². The zero-order chi connectivity index (χ0) is 18.8. The molecule has 2 aliphatic rings. The average molecular weight is 408 g/mol. The number of carbonyl (C=O) groups is 1. The van der Waals surface area contributed by atoms with E-state index in [1.165, 1.54) is 28.6 Å². The van der Waals surface area contributed by atoms with E-state index in [1.807, 2.05) is 4.90 Å². The summed E-state index contributed by atoms with van der Waals surface area (Å²) in [4.78, 5) is 34.5. The van der Waals surface area contributed by atoms with E-state index in [1.54, 1.807) is 23.0 Å². The fraction of sp³-hybridized carbons (Fsp3) is 0.632. The molecular formula is C19H25N3O3S2. The molecule has 4 rings (SSSR count). The maximum Gasteiger partial charge on any atom is 0.263 e. The van der Waals surface area contributed by atoms with Gasteiger partial charge in [0.1, 0.15) is 4.83 Å². The molecule has 0 N–H and O–H groups in total. The van der Waals surface area contributed by atoms with Gasteiger partial charge < -0.3 is 9.64 Å². The molecule has 2 aromatic rings. The van der Waals surface area contributed by atoms with Crippen LogP contribution < -0.4 is 5.56 Å². The number of ether oxygens (including phenoxy) is 1.